The van der Waals surface area contributed by atoms with Crippen molar-refractivity contribution >= 4 is 11.9 Å². The highest BCUT2D eigenvalue weighted by molar-refractivity contribution is 5.84. The molecule has 20 heavy (non-hydrogen) atoms. The highest BCUT2D eigenvalue weighted by atomic mass is 16.5. The molecule has 0 aliphatic carbocycles. The summed E-state index contributed by atoms with van der Waals surface area (Å²) in [6.45, 7) is 8.07. The maximum atomic E-state index is 11.7. The molecule has 1 heterocycles. The first-order valence-electron chi connectivity index (χ1n) is 6.58. The first-order valence-corrected chi connectivity index (χ1v) is 6.58. The van der Waals surface area contributed by atoms with Crippen LogP contribution in [0.15, 0.2) is 17.8 Å². The third kappa shape index (κ3) is 5.26. The summed E-state index contributed by atoms with van der Waals surface area (Å²) >= 11 is 0. The first-order chi connectivity index (χ1) is 9.42. The van der Waals surface area contributed by atoms with Crippen LogP contribution in [0.1, 0.15) is 31.7 Å². The van der Waals surface area contributed by atoms with Crippen molar-refractivity contribution in [3.05, 3.63) is 29.2 Å². The summed E-state index contributed by atoms with van der Waals surface area (Å²) in [5, 5.41) is 6.93. The van der Waals surface area contributed by atoms with E-state index in [1.54, 1.807) is 18.5 Å². The van der Waals surface area contributed by atoms with E-state index >= 15 is 0 Å². The Kier molecular flexibility index (Phi) is 5.96. The molecule has 0 saturated heterocycles. The number of aryl methyl sites for hydroxylation is 3. The van der Waals surface area contributed by atoms with Gasteiger partial charge in [0.05, 0.1) is 12.3 Å². The number of rotatable bonds is 6. The molecule has 6 nitrogen and oxygen atoms in total. The van der Waals surface area contributed by atoms with E-state index < -0.39 is 5.97 Å². The number of carbonyl (C=O) groups excluding carboxylic acids is 2. The number of esters is 1. The molecule has 0 spiro atoms. The Hall–Kier alpha value is -2.11. The molecule has 110 valence electrons. The Balaban J connectivity index is 2.44. The lowest BCUT2D eigenvalue weighted by molar-refractivity contribution is -0.137. The van der Waals surface area contributed by atoms with Gasteiger partial charge in [0.15, 0.2) is 0 Å². The van der Waals surface area contributed by atoms with Crippen LogP contribution in [0.25, 0.3) is 0 Å². The molecule has 0 aliphatic rings. The fourth-order valence-corrected chi connectivity index (χ4v) is 1.79. The fourth-order valence-electron chi connectivity index (χ4n) is 1.79. The van der Waals surface area contributed by atoms with Gasteiger partial charge in [0.25, 0.3) is 0 Å². The maximum Gasteiger partial charge on any atom is 0.332 e. The van der Waals surface area contributed by atoms with Gasteiger partial charge in [0.2, 0.25) is 5.91 Å². The van der Waals surface area contributed by atoms with Gasteiger partial charge in [0.1, 0.15) is 0 Å². The minimum atomic E-state index is -0.455. The van der Waals surface area contributed by atoms with Crippen molar-refractivity contribution in [2.45, 2.75) is 40.7 Å². The summed E-state index contributed by atoms with van der Waals surface area (Å²) in [4.78, 5) is 22.9. The number of carbonyl (C=O) groups is 2. The molecule has 0 atom stereocenters. The SMILES string of the molecule is CCOC(=O)/C=C(\C)NC(=O)CCn1nc(C)cc1C. The first kappa shape index (κ1) is 15.9. The molecule has 1 aromatic heterocycles. The maximum absolute atomic E-state index is 11.7. The van der Waals surface area contributed by atoms with Crippen molar-refractivity contribution in [1.82, 2.24) is 15.1 Å². The molecule has 6 heteroatoms. The van der Waals surface area contributed by atoms with Gasteiger partial charge in [0, 0.05) is 30.4 Å². The summed E-state index contributed by atoms with van der Waals surface area (Å²) in [7, 11) is 0. The third-order valence-electron chi connectivity index (χ3n) is 2.61. The summed E-state index contributed by atoms with van der Waals surface area (Å²) < 4.78 is 6.55. The van der Waals surface area contributed by atoms with E-state index in [1.807, 2.05) is 19.9 Å². The molecule has 1 aromatic rings. The molecule has 0 aliphatic heterocycles. The lowest BCUT2D eigenvalue weighted by Crippen LogP contribution is -2.23. The molecular formula is C14H21N3O3. The minimum absolute atomic E-state index is 0.157. The van der Waals surface area contributed by atoms with Crippen LogP contribution in [0, 0.1) is 13.8 Å². The highest BCUT2D eigenvalue weighted by Gasteiger charge is 2.06. The molecular weight excluding hydrogens is 258 g/mol. The van der Waals surface area contributed by atoms with E-state index in [1.165, 1.54) is 6.08 Å². The van der Waals surface area contributed by atoms with E-state index in [-0.39, 0.29) is 5.91 Å². The lowest BCUT2D eigenvalue weighted by Gasteiger charge is -2.06. The molecule has 0 radical (unpaired) electrons. The number of allylic oxidation sites excluding steroid dienone is 1. The molecule has 1 amide bonds. The zero-order valence-corrected chi connectivity index (χ0v) is 12.4. The van der Waals surface area contributed by atoms with Crippen molar-refractivity contribution in [3.8, 4) is 0 Å². The number of aromatic nitrogens is 2. The largest absolute Gasteiger partial charge is 0.463 e. The quantitative estimate of drug-likeness (QED) is 0.632. The molecule has 1 N–H and O–H groups in total. The van der Waals surface area contributed by atoms with Crippen LogP contribution in [-0.4, -0.2) is 28.3 Å². The van der Waals surface area contributed by atoms with Gasteiger partial charge in [-0.3, -0.25) is 9.48 Å². The van der Waals surface area contributed by atoms with E-state index in [2.05, 4.69) is 10.4 Å². The van der Waals surface area contributed by atoms with Gasteiger partial charge < -0.3 is 10.1 Å². The zero-order valence-electron chi connectivity index (χ0n) is 12.4. The molecule has 1 rings (SSSR count). The second-order valence-electron chi connectivity index (χ2n) is 4.53. The topological polar surface area (TPSA) is 73.2 Å². The van der Waals surface area contributed by atoms with E-state index in [9.17, 15) is 9.59 Å². The Morgan fingerprint density at radius 1 is 1.45 bits per heavy atom. The Labute approximate surface area is 118 Å². The summed E-state index contributed by atoms with van der Waals surface area (Å²) in [5.41, 5.74) is 2.43. The summed E-state index contributed by atoms with van der Waals surface area (Å²) in [6, 6.07) is 1.96. The van der Waals surface area contributed by atoms with Crippen LogP contribution in [0.4, 0.5) is 0 Å². The minimum Gasteiger partial charge on any atom is -0.463 e. The smallest absolute Gasteiger partial charge is 0.332 e. The second kappa shape index (κ2) is 7.47. The van der Waals surface area contributed by atoms with Crippen LogP contribution in [0.5, 0.6) is 0 Å². The van der Waals surface area contributed by atoms with Crippen LogP contribution >= 0.6 is 0 Å². The molecule has 0 fully saturated rings. The Bertz CT molecular complexity index is 518. The van der Waals surface area contributed by atoms with Crippen molar-refractivity contribution in [2.24, 2.45) is 0 Å². The van der Waals surface area contributed by atoms with Crippen molar-refractivity contribution in [2.75, 3.05) is 6.61 Å². The van der Waals surface area contributed by atoms with Gasteiger partial charge in [-0.15, -0.1) is 0 Å². The average molecular weight is 279 g/mol. The van der Waals surface area contributed by atoms with E-state index in [0.29, 0.717) is 25.3 Å². The number of ether oxygens (including phenoxy) is 1. The monoisotopic (exact) mass is 279 g/mol. The fraction of sp³-hybridized carbons (Fsp3) is 0.500. The molecule has 0 aromatic carbocycles. The Morgan fingerprint density at radius 3 is 2.70 bits per heavy atom. The van der Waals surface area contributed by atoms with Crippen LogP contribution in [0.3, 0.4) is 0 Å². The van der Waals surface area contributed by atoms with E-state index in [4.69, 9.17) is 4.74 Å². The number of amides is 1. The molecule has 0 saturated carbocycles. The van der Waals surface area contributed by atoms with Crippen LogP contribution < -0.4 is 5.32 Å². The summed E-state index contributed by atoms with van der Waals surface area (Å²) in [6.07, 6.45) is 1.57. The van der Waals surface area contributed by atoms with Gasteiger partial charge in [-0.2, -0.15) is 5.10 Å². The van der Waals surface area contributed by atoms with E-state index in [0.717, 1.165) is 11.4 Å². The zero-order chi connectivity index (χ0) is 15.1. The van der Waals surface area contributed by atoms with Gasteiger partial charge >= 0.3 is 5.97 Å². The van der Waals surface area contributed by atoms with Crippen molar-refractivity contribution in [3.63, 3.8) is 0 Å². The second-order valence-corrected chi connectivity index (χ2v) is 4.53. The van der Waals surface area contributed by atoms with Gasteiger partial charge in [-0.05, 0) is 33.8 Å². The lowest BCUT2D eigenvalue weighted by atomic mass is 10.3. The van der Waals surface area contributed by atoms with Crippen molar-refractivity contribution < 1.29 is 14.3 Å². The molecule has 0 unspecified atom stereocenters. The third-order valence-corrected chi connectivity index (χ3v) is 2.61. The normalized spacial score (nSPS) is 11.3. The number of hydrogen-bond acceptors (Lipinski definition) is 4. The number of nitrogens with zero attached hydrogens (tertiary/aromatic N) is 2. The molecule has 0 bridgehead atoms. The van der Waals surface area contributed by atoms with Gasteiger partial charge in [-0.25, -0.2) is 4.79 Å². The number of hydrogen-bond donors (Lipinski definition) is 1. The number of nitrogens with one attached hydrogen (secondary N) is 1. The van der Waals surface area contributed by atoms with Crippen LogP contribution in [-0.2, 0) is 20.9 Å². The standard InChI is InChI=1S/C14H21N3O3/c1-5-20-14(19)9-10(2)15-13(18)6-7-17-12(4)8-11(3)16-17/h8-9H,5-7H2,1-4H3,(H,15,18)/b10-9+. The van der Waals surface area contributed by atoms with Crippen molar-refractivity contribution in [1.29, 1.82) is 0 Å². The highest BCUT2D eigenvalue weighted by Crippen LogP contribution is 2.03. The average Bonchev–Trinajstić information content (AvgIpc) is 2.65. The predicted octanol–water partition coefficient (Wildman–Crippen LogP) is 1.47. The van der Waals surface area contributed by atoms with Crippen LogP contribution in [0.2, 0.25) is 0 Å². The summed E-state index contributed by atoms with van der Waals surface area (Å²) in [5.74, 6) is -0.612. The predicted molar refractivity (Wildman–Crippen MR) is 74.9 cm³/mol. The Morgan fingerprint density at radius 2 is 2.15 bits per heavy atom. The van der Waals surface area contributed by atoms with Gasteiger partial charge in [-0.1, -0.05) is 0 Å².